The molecule has 0 amide bonds. The summed E-state index contributed by atoms with van der Waals surface area (Å²) in [5.41, 5.74) is 2.23. The number of carboxylic acid groups (broad SMARTS) is 2. The molecule has 10 heteroatoms. The first-order valence-corrected chi connectivity index (χ1v) is 10.2. The number of rotatable bonds is 7. The number of piperazine rings is 1. The molecule has 1 heterocycles. The molecule has 1 aliphatic heterocycles. The molecular weight excluding hydrogens is 435 g/mol. The van der Waals surface area contributed by atoms with Crippen LogP contribution >= 0.6 is 0 Å². The van der Waals surface area contributed by atoms with Gasteiger partial charge in [-0.25, -0.2) is 14.0 Å². The zero-order valence-corrected chi connectivity index (χ0v) is 18.9. The number of carboxylic acids is 2. The highest BCUT2D eigenvalue weighted by Crippen LogP contribution is 2.40. The van der Waals surface area contributed by atoms with Crippen LogP contribution in [0.2, 0.25) is 0 Å². The summed E-state index contributed by atoms with van der Waals surface area (Å²) in [7, 11) is 4.90. The third-order valence-electron chi connectivity index (χ3n) is 5.15. The van der Waals surface area contributed by atoms with Gasteiger partial charge in [-0.15, -0.1) is 0 Å². The summed E-state index contributed by atoms with van der Waals surface area (Å²) in [5.74, 6) is -1.81. The SMILES string of the molecule is COc1ccc(CN2CCN(Cc3ccc(F)cc3)CC2)c(OC)c1OC.O=C(O)C(=O)O. The Bertz CT molecular complexity index is 917. The molecule has 0 atom stereocenters. The fraction of sp³-hybridized carbons (Fsp3) is 0.391. The molecule has 0 spiro atoms. The lowest BCUT2D eigenvalue weighted by atomic mass is 10.1. The highest BCUT2D eigenvalue weighted by molar-refractivity contribution is 6.27. The minimum atomic E-state index is -1.82. The number of hydrogen-bond acceptors (Lipinski definition) is 7. The van der Waals surface area contributed by atoms with Gasteiger partial charge >= 0.3 is 11.9 Å². The molecular formula is C23H29FN2O7. The van der Waals surface area contributed by atoms with E-state index in [1.54, 1.807) is 21.3 Å². The van der Waals surface area contributed by atoms with Crippen molar-refractivity contribution in [2.45, 2.75) is 13.1 Å². The number of nitrogens with zero attached hydrogens (tertiary/aromatic N) is 2. The van der Waals surface area contributed by atoms with E-state index in [2.05, 4.69) is 9.80 Å². The van der Waals surface area contributed by atoms with Crippen LogP contribution in [0.4, 0.5) is 4.39 Å². The van der Waals surface area contributed by atoms with Crippen molar-refractivity contribution in [2.24, 2.45) is 0 Å². The molecule has 1 saturated heterocycles. The maximum atomic E-state index is 13.0. The molecule has 9 nitrogen and oxygen atoms in total. The Hall–Kier alpha value is -3.37. The summed E-state index contributed by atoms with van der Waals surface area (Å²) in [5, 5.41) is 14.8. The first-order valence-electron chi connectivity index (χ1n) is 10.2. The Morgan fingerprint density at radius 1 is 0.788 bits per heavy atom. The number of halogens is 1. The molecule has 2 aromatic rings. The van der Waals surface area contributed by atoms with Crippen molar-refractivity contribution in [1.82, 2.24) is 9.80 Å². The fourth-order valence-electron chi connectivity index (χ4n) is 3.48. The van der Waals surface area contributed by atoms with Crippen LogP contribution in [0.5, 0.6) is 17.2 Å². The maximum Gasteiger partial charge on any atom is 0.414 e. The van der Waals surface area contributed by atoms with E-state index in [1.807, 2.05) is 24.3 Å². The van der Waals surface area contributed by atoms with Gasteiger partial charge in [0.15, 0.2) is 11.5 Å². The Morgan fingerprint density at radius 3 is 1.76 bits per heavy atom. The van der Waals surface area contributed by atoms with Gasteiger partial charge in [-0.1, -0.05) is 18.2 Å². The zero-order valence-electron chi connectivity index (χ0n) is 18.9. The third kappa shape index (κ3) is 7.62. The second-order valence-corrected chi connectivity index (χ2v) is 7.28. The summed E-state index contributed by atoms with van der Waals surface area (Å²) in [6.07, 6.45) is 0. The average Bonchev–Trinajstić information content (AvgIpc) is 2.81. The third-order valence-corrected chi connectivity index (χ3v) is 5.15. The molecule has 0 saturated carbocycles. The topological polar surface area (TPSA) is 109 Å². The minimum absolute atomic E-state index is 0.188. The van der Waals surface area contributed by atoms with E-state index in [0.717, 1.165) is 56.1 Å². The van der Waals surface area contributed by atoms with Gasteiger partial charge in [0.2, 0.25) is 5.75 Å². The molecule has 1 aliphatic rings. The summed E-state index contributed by atoms with van der Waals surface area (Å²) >= 11 is 0. The van der Waals surface area contributed by atoms with Gasteiger partial charge in [0.25, 0.3) is 0 Å². The van der Waals surface area contributed by atoms with E-state index in [-0.39, 0.29) is 5.82 Å². The van der Waals surface area contributed by atoms with Gasteiger partial charge in [0.1, 0.15) is 5.82 Å². The van der Waals surface area contributed by atoms with Crippen LogP contribution in [0, 0.1) is 5.82 Å². The number of carbonyl (C=O) groups is 2. The lowest BCUT2D eigenvalue weighted by molar-refractivity contribution is -0.159. The summed E-state index contributed by atoms with van der Waals surface area (Å²) < 4.78 is 29.5. The van der Waals surface area contributed by atoms with E-state index in [4.69, 9.17) is 34.0 Å². The number of methoxy groups -OCH3 is 3. The van der Waals surface area contributed by atoms with Crippen molar-refractivity contribution >= 4 is 11.9 Å². The molecule has 2 aromatic carbocycles. The van der Waals surface area contributed by atoms with Crippen molar-refractivity contribution in [1.29, 1.82) is 0 Å². The minimum Gasteiger partial charge on any atom is -0.493 e. The van der Waals surface area contributed by atoms with Crippen LogP contribution in [-0.4, -0.2) is 79.5 Å². The smallest absolute Gasteiger partial charge is 0.414 e. The predicted molar refractivity (Wildman–Crippen MR) is 118 cm³/mol. The molecule has 180 valence electrons. The Morgan fingerprint density at radius 2 is 1.30 bits per heavy atom. The quantitative estimate of drug-likeness (QED) is 0.597. The van der Waals surface area contributed by atoms with Crippen molar-refractivity contribution in [3.8, 4) is 17.2 Å². The average molecular weight is 464 g/mol. The second-order valence-electron chi connectivity index (χ2n) is 7.28. The molecule has 33 heavy (non-hydrogen) atoms. The summed E-state index contributed by atoms with van der Waals surface area (Å²) in [6.45, 7) is 5.55. The first-order chi connectivity index (χ1) is 15.8. The van der Waals surface area contributed by atoms with E-state index in [0.29, 0.717) is 11.5 Å². The van der Waals surface area contributed by atoms with Gasteiger partial charge in [-0.3, -0.25) is 9.80 Å². The van der Waals surface area contributed by atoms with Gasteiger partial charge in [0.05, 0.1) is 21.3 Å². The largest absolute Gasteiger partial charge is 0.493 e. The second kappa shape index (κ2) is 12.6. The number of aliphatic carboxylic acids is 2. The van der Waals surface area contributed by atoms with E-state index in [1.165, 1.54) is 12.1 Å². The molecule has 3 rings (SSSR count). The normalized spacial score (nSPS) is 14.1. The number of benzene rings is 2. The zero-order chi connectivity index (χ0) is 24.4. The molecule has 2 N–H and O–H groups in total. The van der Waals surface area contributed by atoms with Crippen LogP contribution < -0.4 is 14.2 Å². The number of ether oxygens (including phenoxy) is 3. The van der Waals surface area contributed by atoms with Crippen LogP contribution in [0.15, 0.2) is 36.4 Å². The lowest BCUT2D eigenvalue weighted by Crippen LogP contribution is -2.45. The molecule has 0 bridgehead atoms. The highest BCUT2D eigenvalue weighted by atomic mass is 19.1. The predicted octanol–water partition coefficient (Wildman–Crippen LogP) is 2.32. The molecule has 0 unspecified atom stereocenters. The van der Waals surface area contributed by atoms with Crippen molar-refractivity contribution in [2.75, 3.05) is 47.5 Å². The van der Waals surface area contributed by atoms with E-state index < -0.39 is 11.9 Å². The van der Waals surface area contributed by atoms with Crippen molar-refractivity contribution < 1.29 is 38.4 Å². The van der Waals surface area contributed by atoms with Crippen LogP contribution in [0.3, 0.4) is 0 Å². The monoisotopic (exact) mass is 464 g/mol. The van der Waals surface area contributed by atoms with E-state index in [9.17, 15) is 4.39 Å². The molecule has 1 fully saturated rings. The standard InChI is InChI=1S/C21H27FN2O3.C2H2O4/c1-25-19-9-6-17(20(26-2)21(19)27-3)15-24-12-10-23(11-13-24)14-16-4-7-18(22)8-5-16;3-1(4)2(5)6/h4-9H,10-15H2,1-3H3;(H,3,4)(H,5,6). The molecule has 0 aromatic heterocycles. The van der Waals surface area contributed by atoms with Gasteiger partial charge < -0.3 is 24.4 Å². The lowest BCUT2D eigenvalue weighted by Gasteiger charge is -2.35. The fourth-order valence-corrected chi connectivity index (χ4v) is 3.48. The summed E-state index contributed by atoms with van der Waals surface area (Å²) in [4.78, 5) is 23.0. The van der Waals surface area contributed by atoms with Gasteiger partial charge in [-0.2, -0.15) is 0 Å². The van der Waals surface area contributed by atoms with E-state index >= 15 is 0 Å². The highest BCUT2D eigenvalue weighted by Gasteiger charge is 2.21. The van der Waals surface area contributed by atoms with Crippen LogP contribution in [0.25, 0.3) is 0 Å². The van der Waals surface area contributed by atoms with Crippen molar-refractivity contribution in [3.05, 3.63) is 53.3 Å². The Balaban J connectivity index is 0.000000569. The van der Waals surface area contributed by atoms with Gasteiger partial charge in [0, 0.05) is 44.8 Å². The van der Waals surface area contributed by atoms with Crippen molar-refractivity contribution in [3.63, 3.8) is 0 Å². The Labute approximate surface area is 191 Å². The summed E-state index contributed by atoms with van der Waals surface area (Å²) in [6, 6.07) is 10.7. The molecule has 0 radical (unpaired) electrons. The van der Waals surface area contributed by atoms with Crippen LogP contribution in [-0.2, 0) is 22.7 Å². The Kier molecular flexibility index (Phi) is 9.89. The first kappa shape index (κ1) is 25.9. The molecule has 0 aliphatic carbocycles. The van der Waals surface area contributed by atoms with Crippen LogP contribution in [0.1, 0.15) is 11.1 Å². The maximum absolute atomic E-state index is 13.0. The van der Waals surface area contributed by atoms with Gasteiger partial charge in [-0.05, 0) is 23.8 Å². The number of hydrogen-bond donors (Lipinski definition) is 2.